The number of amides is 2. The van der Waals surface area contributed by atoms with Crippen LogP contribution in [0.4, 0.5) is 0 Å². The number of aliphatic imine (C=N–C) groups is 1. The monoisotopic (exact) mass is 392 g/mol. The van der Waals surface area contributed by atoms with E-state index in [9.17, 15) is 9.59 Å². The third-order valence-electron chi connectivity index (χ3n) is 5.37. The fourth-order valence-corrected chi connectivity index (χ4v) is 3.81. The van der Waals surface area contributed by atoms with Crippen molar-refractivity contribution in [2.45, 2.75) is 44.2 Å². The second kappa shape index (κ2) is 8.47. The predicted molar refractivity (Wildman–Crippen MR) is 111 cm³/mol. The van der Waals surface area contributed by atoms with Crippen LogP contribution in [0, 0.1) is 0 Å². The number of carbonyl (C=O) groups excluding carboxylic acids is 2. The molecule has 1 aromatic carbocycles. The molecule has 1 saturated carbocycles. The zero-order valence-electron chi connectivity index (χ0n) is 16.4. The molecule has 29 heavy (non-hydrogen) atoms. The molecule has 1 unspecified atom stereocenters. The smallest absolute Gasteiger partial charge is 0.312 e. The van der Waals surface area contributed by atoms with Gasteiger partial charge in [-0.2, -0.15) is 0 Å². The molecule has 1 aromatic rings. The Morgan fingerprint density at radius 1 is 1.24 bits per heavy atom. The Morgan fingerprint density at radius 2 is 2.03 bits per heavy atom. The summed E-state index contributed by atoms with van der Waals surface area (Å²) >= 11 is 0. The molecule has 0 saturated heterocycles. The first-order valence-corrected chi connectivity index (χ1v) is 9.99. The van der Waals surface area contributed by atoms with E-state index in [1.807, 2.05) is 24.3 Å². The van der Waals surface area contributed by atoms with Gasteiger partial charge < -0.3 is 14.8 Å². The van der Waals surface area contributed by atoms with Crippen LogP contribution in [0.1, 0.15) is 37.7 Å². The number of benzene rings is 1. The highest BCUT2D eigenvalue weighted by atomic mass is 16.5. The summed E-state index contributed by atoms with van der Waals surface area (Å²) in [4.78, 5) is 29.2. The van der Waals surface area contributed by atoms with Crippen molar-refractivity contribution >= 4 is 23.6 Å². The first-order valence-electron chi connectivity index (χ1n) is 9.99. The largest absolute Gasteiger partial charge is 0.496 e. The first kappa shape index (κ1) is 19.2. The molecule has 150 valence electrons. The van der Waals surface area contributed by atoms with Crippen LogP contribution in [0.3, 0.4) is 0 Å². The Labute approximate surface area is 170 Å². The van der Waals surface area contributed by atoms with E-state index in [1.54, 1.807) is 31.4 Å². The zero-order valence-corrected chi connectivity index (χ0v) is 16.4. The molecule has 3 aliphatic rings. The van der Waals surface area contributed by atoms with Crippen molar-refractivity contribution in [2.75, 3.05) is 7.11 Å². The van der Waals surface area contributed by atoms with Crippen molar-refractivity contribution in [3.05, 3.63) is 59.4 Å². The van der Waals surface area contributed by atoms with Gasteiger partial charge in [0.15, 0.2) is 11.9 Å². The van der Waals surface area contributed by atoms with Crippen molar-refractivity contribution in [1.29, 1.82) is 0 Å². The highest BCUT2D eigenvalue weighted by Gasteiger charge is 2.29. The van der Waals surface area contributed by atoms with Gasteiger partial charge in [-0.1, -0.05) is 37.5 Å². The van der Waals surface area contributed by atoms with Gasteiger partial charge in [0.2, 0.25) is 0 Å². The van der Waals surface area contributed by atoms with Crippen molar-refractivity contribution in [2.24, 2.45) is 4.99 Å². The number of para-hydroxylation sites is 1. The topological polar surface area (TPSA) is 77.0 Å². The lowest BCUT2D eigenvalue weighted by Crippen LogP contribution is -2.38. The molecule has 6 heteroatoms. The maximum Gasteiger partial charge on any atom is 0.312 e. The van der Waals surface area contributed by atoms with Crippen LogP contribution in [-0.4, -0.2) is 36.8 Å². The van der Waals surface area contributed by atoms with Crippen LogP contribution in [0.15, 0.2) is 58.8 Å². The minimum absolute atomic E-state index is 0.128. The van der Waals surface area contributed by atoms with E-state index in [2.05, 4.69) is 10.3 Å². The second-order valence-electron chi connectivity index (χ2n) is 7.40. The summed E-state index contributed by atoms with van der Waals surface area (Å²) in [5.74, 6) is 0.196. The molecule has 0 aromatic heterocycles. The number of hydrogen-bond donors (Lipinski definition) is 1. The van der Waals surface area contributed by atoms with E-state index < -0.39 is 12.0 Å². The molecule has 0 radical (unpaired) electrons. The Morgan fingerprint density at radius 3 is 2.83 bits per heavy atom. The maximum atomic E-state index is 12.6. The zero-order chi connectivity index (χ0) is 20.2. The Kier molecular flexibility index (Phi) is 5.60. The third-order valence-corrected chi connectivity index (χ3v) is 5.37. The predicted octanol–water partition coefficient (Wildman–Crippen LogP) is 3.35. The number of carbonyl (C=O) groups is 2. The Hall–Kier alpha value is -3.15. The van der Waals surface area contributed by atoms with Crippen molar-refractivity contribution in [1.82, 2.24) is 5.32 Å². The summed E-state index contributed by atoms with van der Waals surface area (Å²) in [5, 5.41) is 3.08. The molecule has 1 atom stereocenters. The van der Waals surface area contributed by atoms with Gasteiger partial charge in [-0.05, 0) is 43.2 Å². The fourth-order valence-electron chi connectivity index (χ4n) is 3.81. The molecule has 2 aliphatic carbocycles. The van der Waals surface area contributed by atoms with Gasteiger partial charge in [-0.15, -0.1) is 0 Å². The summed E-state index contributed by atoms with van der Waals surface area (Å²) in [6.07, 6.45) is 11.9. The lowest BCUT2D eigenvalue weighted by Gasteiger charge is -2.26. The van der Waals surface area contributed by atoms with E-state index >= 15 is 0 Å². The average molecular weight is 392 g/mol. The molecule has 1 heterocycles. The van der Waals surface area contributed by atoms with Crippen LogP contribution in [0.2, 0.25) is 0 Å². The van der Waals surface area contributed by atoms with Crippen LogP contribution >= 0.6 is 0 Å². The summed E-state index contributed by atoms with van der Waals surface area (Å²) in [5.41, 5.74) is 1.68. The van der Waals surface area contributed by atoms with Gasteiger partial charge in [0.1, 0.15) is 5.75 Å². The van der Waals surface area contributed by atoms with Crippen LogP contribution in [0.25, 0.3) is 6.08 Å². The number of methoxy groups -OCH3 is 1. The molecule has 4 rings (SSSR count). The van der Waals surface area contributed by atoms with Crippen LogP contribution < -0.4 is 10.1 Å². The Balaban J connectivity index is 1.51. The molecule has 2 amide bonds. The SMILES string of the molecule is COc1ccccc1/C=C1/OC2C=CC(C(=O)NC3CCCCC3)=CC2=NC1=O. The number of ether oxygens (including phenoxy) is 2. The van der Waals surface area contributed by atoms with Gasteiger partial charge >= 0.3 is 5.91 Å². The van der Waals surface area contributed by atoms with Gasteiger partial charge in [0, 0.05) is 17.2 Å². The van der Waals surface area contributed by atoms with Gasteiger partial charge in [-0.25, -0.2) is 4.99 Å². The molecular weight excluding hydrogens is 368 g/mol. The van der Waals surface area contributed by atoms with E-state index in [1.165, 1.54) is 6.42 Å². The molecular formula is C23H24N2O4. The van der Waals surface area contributed by atoms with Gasteiger partial charge in [-0.3, -0.25) is 9.59 Å². The highest BCUT2D eigenvalue weighted by molar-refractivity contribution is 6.17. The number of hydrogen-bond acceptors (Lipinski definition) is 4. The lowest BCUT2D eigenvalue weighted by atomic mass is 9.94. The van der Waals surface area contributed by atoms with Crippen LogP contribution in [-0.2, 0) is 14.3 Å². The number of rotatable bonds is 4. The number of nitrogens with one attached hydrogen (secondary N) is 1. The van der Waals surface area contributed by atoms with Crippen LogP contribution in [0.5, 0.6) is 5.75 Å². The van der Waals surface area contributed by atoms with Crippen molar-refractivity contribution in [3.8, 4) is 5.75 Å². The van der Waals surface area contributed by atoms with Crippen molar-refractivity contribution in [3.63, 3.8) is 0 Å². The van der Waals surface area contributed by atoms with E-state index in [-0.39, 0.29) is 17.7 Å². The third kappa shape index (κ3) is 4.31. The normalized spacial score (nSPS) is 23.0. The maximum absolute atomic E-state index is 12.6. The van der Waals surface area contributed by atoms with Crippen molar-refractivity contribution < 1.29 is 19.1 Å². The minimum atomic E-state index is -0.486. The molecule has 0 bridgehead atoms. The Bertz CT molecular complexity index is 936. The number of nitrogens with zero attached hydrogens (tertiary/aromatic N) is 1. The summed E-state index contributed by atoms with van der Waals surface area (Å²) < 4.78 is 11.2. The standard InChI is InChI=1S/C23H24N2O4/c1-28-19-10-6-5-7-15(19)14-21-23(27)25-18-13-16(11-12-20(18)29-21)22(26)24-17-8-3-2-4-9-17/h5-7,10-14,17,20H,2-4,8-9H2,1H3,(H,24,26)/b21-14+. The van der Waals surface area contributed by atoms with E-state index in [0.717, 1.165) is 31.2 Å². The summed E-state index contributed by atoms with van der Waals surface area (Å²) in [6.45, 7) is 0. The molecule has 1 fully saturated rings. The highest BCUT2D eigenvalue weighted by Crippen LogP contribution is 2.26. The molecule has 1 aliphatic heterocycles. The van der Waals surface area contributed by atoms with Gasteiger partial charge in [0.25, 0.3) is 5.91 Å². The molecule has 6 nitrogen and oxygen atoms in total. The minimum Gasteiger partial charge on any atom is -0.496 e. The average Bonchev–Trinajstić information content (AvgIpc) is 2.75. The quantitative estimate of drug-likeness (QED) is 0.798. The first-order chi connectivity index (χ1) is 14.1. The van der Waals surface area contributed by atoms with E-state index in [0.29, 0.717) is 17.0 Å². The molecule has 0 spiro atoms. The second-order valence-corrected chi connectivity index (χ2v) is 7.40. The molecule has 1 N–H and O–H groups in total. The van der Waals surface area contributed by atoms with Gasteiger partial charge in [0.05, 0.1) is 12.8 Å². The number of fused-ring (bicyclic) bond motifs is 1. The lowest BCUT2D eigenvalue weighted by molar-refractivity contribution is -0.119. The van der Waals surface area contributed by atoms with E-state index in [4.69, 9.17) is 9.47 Å². The fraction of sp³-hybridized carbons (Fsp3) is 0.348. The summed E-state index contributed by atoms with van der Waals surface area (Å²) in [7, 11) is 1.58. The summed E-state index contributed by atoms with van der Waals surface area (Å²) in [6, 6.07) is 7.60.